The van der Waals surface area contributed by atoms with Crippen LogP contribution in [0.15, 0.2) is 16.5 Å². The quantitative estimate of drug-likeness (QED) is 0.804. The van der Waals surface area contributed by atoms with Gasteiger partial charge in [0.2, 0.25) is 0 Å². The van der Waals surface area contributed by atoms with Crippen molar-refractivity contribution in [3.05, 3.63) is 23.1 Å². The van der Waals surface area contributed by atoms with E-state index in [1.165, 1.54) is 0 Å². The van der Waals surface area contributed by atoms with Gasteiger partial charge in [0.15, 0.2) is 16.7 Å². The van der Waals surface area contributed by atoms with Crippen LogP contribution in [0.25, 0.3) is 0 Å². The molecule has 0 radical (unpaired) electrons. The van der Waals surface area contributed by atoms with Crippen LogP contribution < -0.4 is 5.32 Å². The summed E-state index contributed by atoms with van der Waals surface area (Å²) in [5.41, 5.74) is -0.390. The molecular formula is C11H16ClNO2. The zero-order valence-corrected chi connectivity index (χ0v) is 10.0. The lowest BCUT2D eigenvalue weighted by molar-refractivity contribution is -0.141. The summed E-state index contributed by atoms with van der Waals surface area (Å²) in [5, 5.41) is 3.73. The van der Waals surface area contributed by atoms with Crippen molar-refractivity contribution in [3.8, 4) is 0 Å². The van der Waals surface area contributed by atoms with E-state index >= 15 is 0 Å². The van der Waals surface area contributed by atoms with Crippen molar-refractivity contribution >= 4 is 11.6 Å². The van der Waals surface area contributed by atoms with Gasteiger partial charge in [-0.05, 0) is 30.7 Å². The van der Waals surface area contributed by atoms with Crippen LogP contribution >= 0.6 is 11.6 Å². The molecule has 1 N–H and O–H groups in total. The third kappa shape index (κ3) is 2.19. The fourth-order valence-electron chi connectivity index (χ4n) is 1.58. The Bertz CT molecular complexity index is 349. The highest BCUT2D eigenvalue weighted by Gasteiger charge is 2.38. The van der Waals surface area contributed by atoms with E-state index in [2.05, 4.69) is 19.2 Å². The van der Waals surface area contributed by atoms with Crippen LogP contribution in [-0.4, -0.2) is 13.2 Å². The summed E-state index contributed by atoms with van der Waals surface area (Å²) in [7, 11) is 0. The van der Waals surface area contributed by atoms with Gasteiger partial charge in [0.1, 0.15) is 0 Å². The summed E-state index contributed by atoms with van der Waals surface area (Å²) in [6.45, 7) is 7.87. The number of nitrogens with one attached hydrogen (secondary N) is 1. The normalized spacial score (nSPS) is 30.4. The second kappa shape index (κ2) is 3.51. The molecule has 0 amide bonds. The molecule has 0 bridgehead atoms. The molecule has 3 nitrogen and oxygen atoms in total. The van der Waals surface area contributed by atoms with Crippen LogP contribution in [-0.2, 0) is 10.5 Å². The average Bonchev–Trinajstić information content (AvgIpc) is 2.59. The number of rotatable bonds is 1. The van der Waals surface area contributed by atoms with Crippen molar-refractivity contribution in [2.75, 3.05) is 13.2 Å². The van der Waals surface area contributed by atoms with Gasteiger partial charge < -0.3 is 9.15 Å². The van der Waals surface area contributed by atoms with Gasteiger partial charge in [-0.25, -0.2) is 0 Å². The van der Waals surface area contributed by atoms with Crippen LogP contribution in [0.4, 0.5) is 0 Å². The van der Waals surface area contributed by atoms with Crippen molar-refractivity contribution in [3.63, 3.8) is 0 Å². The second-order valence-corrected chi connectivity index (χ2v) is 5.32. The van der Waals surface area contributed by atoms with E-state index in [-0.39, 0.29) is 5.41 Å². The SMILES string of the molecule is CC1(C)CNC(C)(c2ccc(Cl)o2)OC1. The van der Waals surface area contributed by atoms with E-state index in [1.807, 2.05) is 13.0 Å². The summed E-state index contributed by atoms with van der Waals surface area (Å²) in [4.78, 5) is 0. The van der Waals surface area contributed by atoms with Crippen molar-refractivity contribution in [2.24, 2.45) is 5.41 Å². The maximum Gasteiger partial charge on any atom is 0.193 e. The molecule has 1 atom stereocenters. The fraction of sp³-hybridized carbons (Fsp3) is 0.636. The highest BCUT2D eigenvalue weighted by molar-refractivity contribution is 6.28. The number of hydrogen-bond acceptors (Lipinski definition) is 3. The molecule has 0 saturated carbocycles. The van der Waals surface area contributed by atoms with Crippen LogP contribution in [0.1, 0.15) is 26.5 Å². The number of ether oxygens (including phenoxy) is 1. The number of halogens is 1. The standard InChI is InChI=1S/C11H16ClNO2/c1-10(2)6-13-11(3,14-7-10)8-4-5-9(12)15-8/h4-5,13H,6-7H2,1-3H3. The molecule has 0 spiro atoms. The zero-order valence-electron chi connectivity index (χ0n) is 9.26. The topological polar surface area (TPSA) is 34.4 Å². The van der Waals surface area contributed by atoms with E-state index in [4.69, 9.17) is 20.8 Å². The Kier molecular flexibility index (Phi) is 2.57. The Labute approximate surface area is 94.7 Å². The van der Waals surface area contributed by atoms with Crippen LogP contribution in [0.2, 0.25) is 5.22 Å². The number of hydrogen-bond donors (Lipinski definition) is 1. The van der Waals surface area contributed by atoms with E-state index in [9.17, 15) is 0 Å². The Balaban J connectivity index is 2.16. The first kappa shape index (κ1) is 11.0. The van der Waals surface area contributed by atoms with Gasteiger partial charge in [-0.2, -0.15) is 0 Å². The minimum Gasteiger partial charge on any atom is -0.445 e. The molecule has 2 heterocycles. The molecule has 1 aliphatic rings. The Morgan fingerprint density at radius 2 is 2.07 bits per heavy atom. The van der Waals surface area contributed by atoms with Crippen molar-refractivity contribution in [1.29, 1.82) is 0 Å². The summed E-state index contributed by atoms with van der Waals surface area (Å²) in [5.74, 6) is 0.725. The smallest absolute Gasteiger partial charge is 0.193 e. The average molecular weight is 230 g/mol. The largest absolute Gasteiger partial charge is 0.445 e. The van der Waals surface area contributed by atoms with Gasteiger partial charge in [-0.15, -0.1) is 0 Å². The maximum absolute atomic E-state index is 5.82. The van der Waals surface area contributed by atoms with Gasteiger partial charge in [0.05, 0.1) is 6.61 Å². The van der Waals surface area contributed by atoms with Gasteiger partial charge in [0, 0.05) is 12.0 Å². The summed E-state index contributed by atoms with van der Waals surface area (Å²) < 4.78 is 11.2. The zero-order chi connectivity index (χ0) is 11.1. The molecule has 1 unspecified atom stereocenters. The van der Waals surface area contributed by atoms with Gasteiger partial charge in [-0.1, -0.05) is 13.8 Å². The lowest BCUT2D eigenvalue weighted by Crippen LogP contribution is -2.53. The molecule has 1 aromatic heterocycles. The van der Waals surface area contributed by atoms with E-state index in [0.717, 1.165) is 12.3 Å². The predicted octanol–water partition coefficient (Wildman–Crippen LogP) is 2.75. The molecule has 1 aromatic rings. The molecule has 1 fully saturated rings. The molecular weight excluding hydrogens is 214 g/mol. The molecule has 0 aliphatic carbocycles. The molecule has 2 rings (SSSR count). The summed E-state index contributed by atoms with van der Waals surface area (Å²) in [6.07, 6.45) is 0. The minimum atomic E-state index is -0.553. The van der Waals surface area contributed by atoms with Crippen molar-refractivity contribution in [2.45, 2.75) is 26.5 Å². The van der Waals surface area contributed by atoms with Crippen LogP contribution in [0, 0.1) is 5.41 Å². The summed E-state index contributed by atoms with van der Waals surface area (Å²) >= 11 is 5.75. The van der Waals surface area contributed by atoms with E-state index in [1.54, 1.807) is 6.07 Å². The van der Waals surface area contributed by atoms with Gasteiger partial charge in [-0.3, -0.25) is 5.32 Å². The Hall–Kier alpha value is -0.510. The molecule has 1 saturated heterocycles. The maximum atomic E-state index is 5.82. The molecule has 1 aliphatic heterocycles. The van der Waals surface area contributed by atoms with Gasteiger partial charge in [0.25, 0.3) is 0 Å². The Morgan fingerprint density at radius 3 is 2.53 bits per heavy atom. The van der Waals surface area contributed by atoms with Gasteiger partial charge >= 0.3 is 0 Å². The third-order valence-electron chi connectivity index (χ3n) is 2.70. The van der Waals surface area contributed by atoms with Crippen molar-refractivity contribution < 1.29 is 9.15 Å². The highest BCUT2D eigenvalue weighted by atomic mass is 35.5. The molecule has 84 valence electrons. The van der Waals surface area contributed by atoms with E-state index < -0.39 is 5.72 Å². The first-order valence-electron chi connectivity index (χ1n) is 5.06. The molecule has 4 heteroatoms. The Morgan fingerprint density at radius 1 is 1.33 bits per heavy atom. The van der Waals surface area contributed by atoms with E-state index in [0.29, 0.717) is 11.8 Å². The molecule has 15 heavy (non-hydrogen) atoms. The lowest BCUT2D eigenvalue weighted by Gasteiger charge is -2.41. The van der Waals surface area contributed by atoms with Crippen LogP contribution in [0.3, 0.4) is 0 Å². The summed E-state index contributed by atoms with van der Waals surface area (Å²) in [6, 6.07) is 3.57. The van der Waals surface area contributed by atoms with Crippen LogP contribution in [0.5, 0.6) is 0 Å². The molecule has 0 aromatic carbocycles. The minimum absolute atomic E-state index is 0.163. The fourth-order valence-corrected chi connectivity index (χ4v) is 1.72. The second-order valence-electron chi connectivity index (χ2n) is 4.94. The first-order valence-corrected chi connectivity index (χ1v) is 5.44. The highest BCUT2D eigenvalue weighted by Crippen LogP contribution is 2.32. The van der Waals surface area contributed by atoms with Crippen molar-refractivity contribution in [1.82, 2.24) is 5.32 Å². The lowest BCUT2D eigenvalue weighted by atomic mass is 9.92. The third-order valence-corrected chi connectivity index (χ3v) is 2.90. The predicted molar refractivity (Wildman–Crippen MR) is 58.8 cm³/mol. The first-order chi connectivity index (χ1) is 6.91. The number of furan rings is 1. The monoisotopic (exact) mass is 229 g/mol.